The van der Waals surface area contributed by atoms with Crippen LogP contribution in [0.3, 0.4) is 0 Å². The monoisotopic (exact) mass is 284 g/mol. The number of likely N-dealkylation sites (N-methyl/N-ethyl adjacent to an activating group) is 1. The van der Waals surface area contributed by atoms with E-state index in [-0.39, 0.29) is 17.1 Å². The van der Waals surface area contributed by atoms with Crippen molar-refractivity contribution in [3.8, 4) is 0 Å². The topological polar surface area (TPSA) is 83.6 Å². The molecule has 0 aliphatic heterocycles. The molecule has 0 saturated heterocycles. The van der Waals surface area contributed by atoms with E-state index in [4.69, 9.17) is 5.73 Å². The van der Waals surface area contributed by atoms with Crippen LogP contribution < -0.4 is 5.73 Å². The molecule has 1 aromatic carbocycles. The lowest BCUT2D eigenvalue weighted by molar-refractivity contribution is 0.0333. The molecule has 0 aromatic heterocycles. The van der Waals surface area contributed by atoms with Gasteiger partial charge in [-0.25, -0.2) is 8.42 Å². The smallest absolute Gasteiger partial charge is 0.244 e. The van der Waals surface area contributed by atoms with Crippen molar-refractivity contribution < 1.29 is 13.5 Å². The van der Waals surface area contributed by atoms with Crippen LogP contribution in [0.4, 0.5) is 5.69 Å². The van der Waals surface area contributed by atoms with E-state index in [1.165, 1.54) is 17.4 Å². The van der Waals surface area contributed by atoms with Crippen molar-refractivity contribution in [3.63, 3.8) is 0 Å². The third-order valence-electron chi connectivity index (χ3n) is 3.66. The summed E-state index contributed by atoms with van der Waals surface area (Å²) < 4.78 is 26.0. The maximum absolute atomic E-state index is 12.4. The Morgan fingerprint density at radius 1 is 1.32 bits per heavy atom. The molecule has 2 rings (SSSR count). The number of hydrogen-bond acceptors (Lipinski definition) is 4. The number of nitrogens with two attached hydrogens (primary N) is 1. The van der Waals surface area contributed by atoms with Gasteiger partial charge in [0, 0.05) is 13.6 Å². The van der Waals surface area contributed by atoms with Crippen molar-refractivity contribution in [2.75, 3.05) is 19.3 Å². The fourth-order valence-corrected chi connectivity index (χ4v) is 3.94. The Hall–Kier alpha value is -1.11. The van der Waals surface area contributed by atoms with Crippen LogP contribution in [-0.4, -0.2) is 37.0 Å². The molecule has 0 unspecified atom stereocenters. The van der Waals surface area contributed by atoms with Crippen molar-refractivity contribution in [2.45, 2.75) is 36.2 Å². The average Bonchev–Trinajstić information content (AvgIpc) is 2.76. The number of benzene rings is 1. The maximum Gasteiger partial charge on any atom is 0.244 e. The number of aliphatic hydroxyl groups is 1. The first-order chi connectivity index (χ1) is 8.85. The lowest BCUT2D eigenvalue weighted by atomic mass is 10.0. The predicted molar refractivity (Wildman–Crippen MR) is 74.1 cm³/mol. The summed E-state index contributed by atoms with van der Waals surface area (Å²) in [5.74, 6) is 0. The molecule has 6 heteroatoms. The van der Waals surface area contributed by atoms with Crippen LogP contribution in [0.15, 0.2) is 29.2 Å². The molecule has 1 fully saturated rings. The Kier molecular flexibility index (Phi) is 3.85. The van der Waals surface area contributed by atoms with E-state index in [2.05, 4.69) is 0 Å². The molecule has 3 N–H and O–H groups in total. The first-order valence-corrected chi connectivity index (χ1v) is 7.82. The summed E-state index contributed by atoms with van der Waals surface area (Å²) in [5.41, 5.74) is 5.05. The zero-order valence-corrected chi connectivity index (χ0v) is 11.9. The van der Waals surface area contributed by atoms with Crippen molar-refractivity contribution in [3.05, 3.63) is 24.3 Å². The number of para-hydroxylation sites is 1. The van der Waals surface area contributed by atoms with Gasteiger partial charge in [0.05, 0.1) is 11.3 Å². The highest BCUT2D eigenvalue weighted by atomic mass is 32.2. The van der Waals surface area contributed by atoms with Crippen molar-refractivity contribution in [2.24, 2.45) is 0 Å². The molecule has 0 amide bonds. The second-order valence-corrected chi connectivity index (χ2v) is 7.24. The lowest BCUT2D eigenvalue weighted by Gasteiger charge is -2.28. The van der Waals surface area contributed by atoms with Crippen molar-refractivity contribution in [1.82, 2.24) is 4.31 Å². The number of rotatable bonds is 4. The quantitative estimate of drug-likeness (QED) is 0.814. The minimum Gasteiger partial charge on any atom is -0.398 e. The maximum atomic E-state index is 12.4. The first-order valence-electron chi connectivity index (χ1n) is 6.38. The highest BCUT2D eigenvalue weighted by molar-refractivity contribution is 7.89. The van der Waals surface area contributed by atoms with Crippen LogP contribution in [-0.2, 0) is 10.0 Å². The number of hydrogen-bond donors (Lipinski definition) is 2. The van der Waals surface area contributed by atoms with E-state index in [1.807, 2.05) is 0 Å². The largest absolute Gasteiger partial charge is 0.398 e. The van der Waals surface area contributed by atoms with Gasteiger partial charge in [-0.2, -0.15) is 4.31 Å². The summed E-state index contributed by atoms with van der Waals surface area (Å²) in [5, 5.41) is 10.3. The molecule has 1 aliphatic rings. The van der Waals surface area contributed by atoms with Gasteiger partial charge in [0.2, 0.25) is 10.0 Å². The minimum atomic E-state index is -3.65. The van der Waals surface area contributed by atoms with Crippen LogP contribution in [0.2, 0.25) is 0 Å². The number of nitrogens with zero attached hydrogens (tertiary/aromatic N) is 1. The molecular weight excluding hydrogens is 264 g/mol. The summed E-state index contributed by atoms with van der Waals surface area (Å²) in [4.78, 5) is 0.0964. The van der Waals surface area contributed by atoms with Gasteiger partial charge in [0.1, 0.15) is 4.90 Å². The lowest BCUT2D eigenvalue weighted by Crippen LogP contribution is -2.42. The third kappa shape index (κ3) is 2.91. The Bertz CT molecular complexity index is 551. The van der Waals surface area contributed by atoms with Gasteiger partial charge in [-0.3, -0.25) is 0 Å². The highest BCUT2D eigenvalue weighted by Gasteiger charge is 2.36. The highest BCUT2D eigenvalue weighted by Crippen LogP contribution is 2.31. The molecule has 1 saturated carbocycles. The second kappa shape index (κ2) is 5.11. The van der Waals surface area contributed by atoms with E-state index in [9.17, 15) is 13.5 Å². The molecule has 19 heavy (non-hydrogen) atoms. The van der Waals surface area contributed by atoms with Crippen LogP contribution in [0.25, 0.3) is 0 Å². The Morgan fingerprint density at radius 3 is 2.47 bits per heavy atom. The fourth-order valence-electron chi connectivity index (χ4n) is 2.57. The zero-order chi connectivity index (χ0) is 14.1. The minimum absolute atomic E-state index is 0.0964. The van der Waals surface area contributed by atoms with Crippen LogP contribution in [0.5, 0.6) is 0 Å². The average molecular weight is 284 g/mol. The van der Waals surface area contributed by atoms with Gasteiger partial charge in [0.15, 0.2) is 0 Å². The van der Waals surface area contributed by atoms with Crippen molar-refractivity contribution >= 4 is 15.7 Å². The van der Waals surface area contributed by atoms with E-state index >= 15 is 0 Å². The molecule has 0 bridgehead atoms. The summed E-state index contributed by atoms with van der Waals surface area (Å²) in [6.45, 7) is 0.115. The van der Waals surface area contributed by atoms with Gasteiger partial charge in [0.25, 0.3) is 0 Å². The molecule has 1 aliphatic carbocycles. The number of anilines is 1. The molecule has 0 spiro atoms. The van der Waals surface area contributed by atoms with Gasteiger partial charge < -0.3 is 10.8 Å². The normalized spacial score (nSPS) is 18.9. The molecular formula is C13H20N2O3S. The van der Waals surface area contributed by atoms with Crippen LogP contribution in [0.1, 0.15) is 25.7 Å². The summed E-state index contributed by atoms with van der Waals surface area (Å²) in [7, 11) is -2.16. The van der Waals surface area contributed by atoms with Gasteiger partial charge >= 0.3 is 0 Å². The summed E-state index contributed by atoms with van der Waals surface area (Å²) in [6.07, 6.45) is 3.18. The van der Waals surface area contributed by atoms with E-state index < -0.39 is 15.6 Å². The SMILES string of the molecule is CN(CC1(O)CCCC1)S(=O)(=O)c1ccccc1N. The van der Waals surface area contributed by atoms with Crippen molar-refractivity contribution in [1.29, 1.82) is 0 Å². The van der Waals surface area contributed by atoms with Gasteiger partial charge in [-0.15, -0.1) is 0 Å². The Balaban J connectivity index is 2.22. The van der Waals surface area contributed by atoms with E-state index in [0.717, 1.165) is 12.8 Å². The molecule has 0 atom stereocenters. The molecule has 5 nitrogen and oxygen atoms in total. The van der Waals surface area contributed by atoms with Crippen LogP contribution >= 0.6 is 0 Å². The zero-order valence-electron chi connectivity index (χ0n) is 11.0. The Labute approximate surface area is 114 Å². The summed E-state index contributed by atoms with van der Waals surface area (Å²) >= 11 is 0. The standard InChI is InChI=1S/C13H20N2O3S/c1-15(10-13(16)8-4-5-9-13)19(17,18)12-7-3-2-6-11(12)14/h2-3,6-7,16H,4-5,8-10,14H2,1H3. The first kappa shape index (κ1) is 14.3. The van der Waals surface area contributed by atoms with E-state index in [0.29, 0.717) is 12.8 Å². The fraction of sp³-hybridized carbons (Fsp3) is 0.538. The Morgan fingerprint density at radius 2 is 1.89 bits per heavy atom. The van der Waals surface area contributed by atoms with Crippen LogP contribution in [0, 0.1) is 0 Å². The van der Waals surface area contributed by atoms with E-state index in [1.54, 1.807) is 18.2 Å². The number of sulfonamides is 1. The molecule has 0 heterocycles. The summed E-state index contributed by atoms with van der Waals surface area (Å²) in [6, 6.07) is 6.38. The predicted octanol–water partition coefficient (Wildman–Crippen LogP) is 1.19. The van der Waals surface area contributed by atoms with Gasteiger partial charge in [-0.05, 0) is 25.0 Å². The molecule has 106 valence electrons. The second-order valence-electron chi connectivity index (χ2n) is 5.23. The van der Waals surface area contributed by atoms with Gasteiger partial charge in [-0.1, -0.05) is 25.0 Å². The molecule has 1 aromatic rings. The third-order valence-corrected chi connectivity index (χ3v) is 5.54. The number of nitrogen functional groups attached to an aromatic ring is 1. The molecule has 0 radical (unpaired) electrons.